The fraction of sp³-hybridized carbons (Fsp3) is 0.615. The normalized spacial score (nSPS) is 32.9. The summed E-state index contributed by atoms with van der Waals surface area (Å²) in [6, 6.07) is 5.96. The van der Waals surface area contributed by atoms with Crippen molar-refractivity contribution in [1.82, 2.24) is 10.6 Å². The molecule has 0 bridgehead atoms. The van der Waals surface area contributed by atoms with E-state index in [4.69, 9.17) is 4.74 Å². The molecule has 3 rings (SSSR count). The topological polar surface area (TPSA) is 108 Å². The van der Waals surface area contributed by atoms with E-state index in [0.717, 1.165) is 5.56 Å². The third-order valence-corrected chi connectivity index (χ3v) is 8.12. The van der Waals surface area contributed by atoms with Crippen molar-refractivity contribution < 1.29 is 28.9 Å². The van der Waals surface area contributed by atoms with E-state index < -0.39 is 29.1 Å². The average molecular weight is 477 g/mol. The summed E-state index contributed by atoms with van der Waals surface area (Å²) in [7, 11) is 0. The van der Waals surface area contributed by atoms with Crippen LogP contribution in [0.1, 0.15) is 51.5 Å². The number of carbonyl (C=O) groups is 2. The van der Waals surface area contributed by atoms with Crippen LogP contribution in [0.5, 0.6) is 0 Å². The Morgan fingerprint density at radius 1 is 1.21 bits per heavy atom. The molecule has 0 heterocycles. The molecule has 6 atom stereocenters. The molecule has 8 heteroatoms. The molecule has 0 radical (unpaired) electrons. The molecule has 0 spiro atoms. The van der Waals surface area contributed by atoms with Gasteiger partial charge in [-0.15, -0.1) is 6.58 Å². The Bertz CT molecular complexity index is 878. The summed E-state index contributed by atoms with van der Waals surface area (Å²) in [4.78, 5) is 25.0. The molecular weight excluding hydrogens is 439 g/mol. The molecule has 0 aliphatic heterocycles. The fourth-order valence-corrected chi connectivity index (χ4v) is 6.18. The second-order valence-corrected chi connectivity index (χ2v) is 10.2. The lowest BCUT2D eigenvalue weighted by Crippen LogP contribution is -2.61. The number of aliphatic hydroxyl groups excluding tert-OH is 2. The van der Waals surface area contributed by atoms with Crippen molar-refractivity contribution in [2.24, 2.45) is 22.7 Å². The van der Waals surface area contributed by atoms with Gasteiger partial charge < -0.3 is 25.6 Å². The first-order chi connectivity index (χ1) is 16.1. The molecule has 6 unspecified atom stereocenters. The third-order valence-electron chi connectivity index (χ3n) is 8.12. The predicted molar refractivity (Wildman–Crippen MR) is 126 cm³/mol. The summed E-state index contributed by atoms with van der Waals surface area (Å²) in [6.07, 6.45) is 2.47. The van der Waals surface area contributed by atoms with Gasteiger partial charge in [0.05, 0.1) is 12.7 Å². The number of ether oxygens (including phenoxy) is 1. The third kappa shape index (κ3) is 5.44. The van der Waals surface area contributed by atoms with Crippen LogP contribution < -0.4 is 10.6 Å². The summed E-state index contributed by atoms with van der Waals surface area (Å²) in [5.41, 5.74) is -0.301. The van der Waals surface area contributed by atoms with Crippen LogP contribution in [0.2, 0.25) is 0 Å². The molecule has 2 aliphatic rings. The highest BCUT2D eigenvalue weighted by Gasteiger charge is 2.60. The van der Waals surface area contributed by atoms with Crippen LogP contribution in [0.4, 0.5) is 9.18 Å². The number of alkyl carbamates (subject to hydrolysis) is 1. The van der Waals surface area contributed by atoms with Gasteiger partial charge in [0, 0.05) is 24.9 Å². The van der Waals surface area contributed by atoms with Crippen LogP contribution in [-0.4, -0.2) is 47.6 Å². The van der Waals surface area contributed by atoms with Crippen LogP contribution in [0.25, 0.3) is 0 Å². The molecule has 0 saturated heterocycles. The average Bonchev–Trinajstić information content (AvgIpc) is 2.81. The molecule has 0 aromatic heterocycles. The maximum atomic E-state index is 13.1. The lowest BCUT2D eigenvalue weighted by molar-refractivity contribution is -0.185. The lowest BCUT2D eigenvalue weighted by Gasteiger charge is -2.60. The van der Waals surface area contributed by atoms with Crippen LogP contribution in [0.15, 0.2) is 36.9 Å². The second-order valence-electron chi connectivity index (χ2n) is 10.2. The van der Waals surface area contributed by atoms with Gasteiger partial charge in [-0.05, 0) is 60.6 Å². The summed E-state index contributed by atoms with van der Waals surface area (Å²) >= 11 is 0. The summed E-state index contributed by atoms with van der Waals surface area (Å²) in [6.45, 7) is 8.01. The number of hydrogen-bond donors (Lipinski definition) is 4. The molecule has 1 aromatic rings. The molecular formula is C26H37FN2O5. The Morgan fingerprint density at radius 3 is 2.56 bits per heavy atom. The Morgan fingerprint density at radius 2 is 1.91 bits per heavy atom. The quantitative estimate of drug-likeness (QED) is 0.431. The van der Waals surface area contributed by atoms with Crippen LogP contribution >= 0.6 is 0 Å². The predicted octanol–water partition coefficient (Wildman–Crippen LogP) is 3.30. The second kappa shape index (κ2) is 10.9. The Kier molecular flexibility index (Phi) is 8.36. The number of carbonyl (C=O) groups excluding carboxylic acids is 2. The van der Waals surface area contributed by atoms with Crippen LogP contribution in [0, 0.1) is 28.5 Å². The fourth-order valence-electron chi connectivity index (χ4n) is 6.18. The van der Waals surface area contributed by atoms with Gasteiger partial charge in [0.2, 0.25) is 5.91 Å². The van der Waals surface area contributed by atoms with Gasteiger partial charge in [-0.2, -0.15) is 0 Å². The maximum Gasteiger partial charge on any atom is 0.407 e. The van der Waals surface area contributed by atoms with Crippen molar-refractivity contribution >= 4 is 12.0 Å². The molecule has 2 amide bonds. The lowest BCUT2D eigenvalue weighted by atomic mass is 9.46. The minimum absolute atomic E-state index is 0.0331. The first-order valence-electron chi connectivity index (χ1n) is 12.0. The summed E-state index contributed by atoms with van der Waals surface area (Å²) in [5, 5.41) is 26.8. The number of halogens is 1. The van der Waals surface area contributed by atoms with E-state index in [9.17, 15) is 24.2 Å². The summed E-state index contributed by atoms with van der Waals surface area (Å²) < 4.78 is 18.8. The number of aliphatic hydroxyl groups is 2. The minimum atomic E-state index is -0.693. The molecule has 2 aliphatic carbocycles. The van der Waals surface area contributed by atoms with E-state index in [1.165, 1.54) is 12.1 Å². The van der Waals surface area contributed by atoms with Crippen molar-refractivity contribution in [2.45, 2.75) is 64.7 Å². The van der Waals surface area contributed by atoms with Crippen LogP contribution in [-0.2, 0) is 16.1 Å². The first kappa shape index (κ1) is 26.2. The number of rotatable bonds is 8. The molecule has 2 saturated carbocycles. The number of amides is 2. The van der Waals surface area contributed by atoms with Gasteiger partial charge in [0.1, 0.15) is 11.9 Å². The Balaban J connectivity index is 1.71. The number of hydrogen-bond acceptors (Lipinski definition) is 5. The minimum Gasteiger partial charge on any atom is -0.446 e. The van der Waals surface area contributed by atoms with E-state index in [1.807, 2.05) is 6.92 Å². The summed E-state index contributed by atoms with van der Waals surface area (Å²) in [5.74, 6) is -0.831. The van der Waals surface area contributed by atoms with Crippen molar-refractivity contribution in [1.29, 1.82) is 0 Å². The Labute approximate surface area is 200 Å². The molecule has 7 nitrogen and oxygen atoms in total. The van der Waals surface area contributed by atoms with E-state index in [-0.39, 0.29) is 43.1 Å². The van der Waals surface area contributed by atoms with Gasteiger partial charge >= 0.3 is 6.09 Å². The monoisotopic (exact) mass is 476 g/mol. The van der Waals surface area contributed by atoms with Crippen molar-refractivity contribution in [3.63, 3.8) is 0 Å². The Hall–Kier alpha value is -2.45. The van der Waals surface area contributed by atoms with Crippen molar-refractivity contribution in [3.8, 4) is 0 Å². The van der Waals surface area contributed by atoms with Gasteiger partial charge in [-0.25, -0.2) is 9.18 Å². The highest BCUT2D eigenvalue weighted by molar-refractivity contribution is 5.76. The number of benzene rings is 1. The molecule has 188 valence electrons. The maximum absolute atomic E-state index is 13.1. The zero-order chi connectivity index (χ0) is 24.9. The van der Waals surface area contributed by atoms with E-state index >= 15 is 0 Å². The molecule has 1 aromatic carbocycles. The zero-order valence-electron chi connectivity index (χ0n) is 20.1. The van der Waals surface area contributed by atoms with Crippen LogP contribution in [0.3, 0.4) is 0 Å². The van der Waals surface area contributed by atoms with E-state index in [2.05, 4.69) is 24.1 Å². The van der Waals surface area contributed by atoms with Gasteiger partial charge in [0.15, 0.2) is 0 Å². The molecule has 4 N–H and O–H groups in total. The van der Waals surface area contributed by atoms with Crippen molar-refractivity contribution in [3.05, 3.63) is 48.3 Å². The van der Waals surface area contributed by atoms with Gasteiger partial charge in [0.25, 0.3) is 0 Å². The number of fused-ring (bicyclic) bond motifs is 1. The van der Waals surface area contributed by atoms with E-state index in [1.54, 1.807) is 18.2 Å². The standard InChI is InChI=1S/C26H37FN2O5/c1-4-13-28-24(33)34-22-11-12-25(2)19(20(31)9-10-21(25)26(22,3)16-30)14-23(32)29-15-17-5-7-18(27)8-6-17/h4-8,19-22,30-31H,1,9-16H2,2-3H3,(H,28,33)(H,29,32). The smallest absolute Gasteiger partial charge is 0.407 e. The van der Waals surface area contributed by atoms with Gasteiger partial charge in [-0.3, -0.25) is 4.79 Å². The molecule has 2 fully saturated rings. The highest BCUT2D eigenvalue weighted by atomic mass is 19.1. The number of nitrogens with one attached hydrogen (secondary N) is 2. The molecule has 34 heavy (non-hydrogen) atoms. The first-order valence-corrected chi connectivity index (χ1v) is 12.0. The SMILES string of the molecule is C=CCNC(=O)OC1CCC2(C)C(CC(=O)NCc3ccc(F)cc3)C(O)CCC2C1(C)CO. The van der Waals surface area contributed by atoms with Gasteiger partial charge in [-0.1, -0.05) is 32.1 Å². The zero-order valence-corrected chi connectivity index (χ0v) is 20.1. The largest absolute Gasteiger partial charge is 0.446 e. The van der Waals surface area contributed by atoms with E-state index in [0.29, 0.717) is 32.2 Å². The van der Waals surface area contributed by atoms with Crippen molar-refractivity contribution in [2.75, 3.05) is 13.2 Å². The highest BCUT2D eigenvalue weighted by Crippen LogP contribution is 2.61.